The van der Waals surface area contributed by atoms with Gasteiger partial charge in [0.1, 0.15) is 5.82 Å². The monoisotopic (exact) mass is 237 g/mol. The van der Waals surface area contributed by atoms with Crippen molar-refractivity contribution in [3.05, 3.63) is 30.1 Å². The van der Waals surface area contributed by atoms with Crippen LogP contribution in [0.4, 0.5) is 10.1 Å². The van der Waals surface area contributed by atoms with Gasteiger partial charge in [0.15, 0.2) is 0 Å². The first-order chi connectivity index (χ1) is 8.02. The number of carbonyl (C=O) groups is 1. The molecule has 3 nitrogen and oxygen atoms in total. The van der Waals surface area contributed by atoms with Gasteiger partial charge in [0, 0.05) is 13.6 Å². The zero-order valence-corrected chi connectivity index (χ0v) is 9.82. The molecule has 1 saturated carbocycles. The van der Waals surface area contributed by atoms with Crippen molar-refractivity contribution < 1.29 is 14.3 Å². The molecule has 1 N–H and O–H groups in total. The maximum atomic E-state index is 13.5. The summed E-state index contributed by atoms with van der Waals surface area (Å²) in [6.45, 7) is 0.597. The Balaban J connectivity index is 2.05. The molecule has 1 fully saturated rings. The standard InChI is InChI=1S/C13H16FNO2/c1-15(11-5-3-2-4-10(11)14)9-13(6-7-13)8-12(16)17/h2-5H,6-9H2,1H3,(H,16,17). The van der Waals surface area contributed by atoms with Crippen molar-refractivity contribution in [3.8, 4) is 0 Å². The Hall–Kier alpha value is -1.58. The minimum atomic E-state index is -0.774. The van der Waals surface area contributed by atoms with Crippen molar-refractivity contribution in [1.29, 1.82) is 0 Å². The summed E-state index contributed by atoms with van der Waals surface area (Å²) in [5, 5.41) is 8.83. The molecule has 2 rings (SSSR count). The number of rotatable bonds is 5. The van der Waals surface area contributed by atoms with E-state index in [0.717, 1.165) is 12.8 Å². The van der Waals surface area contributed by atoms with Gasteiger partial charge in [-0.3, -0.25) is 4.79 Å². The molecular formula is C13H16FNO2. The maximum absolute atomic E-state index is 13.5. The van der Waals surface area contributed by atoms with Crippen LogP contribution in [-0.2, 0) is 4.79 Å². The van der Waals surface area contributed by atoms with Crippen LogP contribution in [0.5, 0.6) is 0 Å². The normalized spacial score (nSPS) is 16.6. The number of halogens is 1. The topological polar surface area (TPSA) is 40.5 Å². The van der Waals surface area contributed by atoms with E-state index in [1.165, 1.54) is 6.07 Å². The van der Waals surface area contributed by atoms with Crippen molar-refractivity contribution >= 4 is 11.7 Å². The van der Waals surface area contributed by atoms with Gasteiger partial charge in [-0.25, -0.2) is 4.39 Å². The van der Waals surface area contributed by atoms with Crippen LogP contribution in [0.25, 0.3) is 0 Å². The smallest absolute Gasteiger partial charge is 0.303 e. The van der Waals surface area contributed by atoms with E-state index in [0.29, 0.717) is 12.2 Å². The van der Waals surface area contributed by atoms with Gasteiger partial charge in [-0.1, -0.05) is 12.1 Å². The lowest BCUT2D eigenvalue weighted by atomic mass is 10.0. The van der Waals surface area contributed by atoms with Crippen LogP contribution in [0.15, 0.2) is 24.3 Å². The molecule has 0 heterocycles. The first-order valence-corrected chi connectivity index (χ1v) is 5.70. The second-order valence-electron chi connectivity index (χ2n) is 4.88. The number of carboxylic acid groups (broad SMARTS) is 1. The number of carboxylic acids is 1. The molecular weight excluding hydrogens is 221 g/mol. The van der Waals surface area contributed by atoms with Crippen molar-refractivity contribution in [3.63, 3.8) is 0 Å². The third-order valence-electron chi connectivity index (χ3n) is 3.32. The number of para-hydroxylation sites is 1. The zero-order chi connectivity index (χ0) is 12.5. The molecule has 4 heteroatoms. The van der Waals surface area contributed by atoms with Gasteiger partial charge in [0.2, 0.25) is 0 Å². The van der Waals surface area contributed by atoms with Crippen LogP contribution >= 0.6 is 0 Å². The Bertz CT molecular complexity index is 429. The fourth-order valence-electron chi connectivity index (χ4n) is 2.24. The van der Waals surface area contributed by atoms with Crippen molar-refractivity contribution in [1.82, 2.24) is 0 Å². The van der Waals surface area contributed by atoms with Crippen molar-refractivity contribution in [2.24, 2.45) is 5.41 Å². The lowest BCUT2D eigenvalue weighted by Crippen LogP contribution is -2.28. The molecule has 0 bridgehead atoms. The molecule has 1 aliphatic rings. The molecule has 0 unspecified atom stereocenters. The highest BCUT2D eigenvalue weighted by Gasteiger charge is 2.45. The maximum Gasteiger partial charge on any atom is 0.303 e. The minimum Gasteiger partial charge on any atom is -0.481 e. The van der Waals surface area contributed by atoms with E-state index in [2.05, 4.69) is 0 Å². The Kier molecular flexibility index (Phi) is 3.05. The van der Waals surface area contributed by atoms with Gasteiger partial charge < -0.3 is 10.0 Å². The van der Waals surface area contributed by atoms with E-state index < -0.39 is 5.97 Å². The predicted molar refractivity (Wildman–Crippen MR) is 63.6 cm³/mol. The van der Waals surface area contributed by atoms with Gasteiger partial charge in [-0.05, 0) is 30.4 Å². The fourth-order valence-corrected chi connectivity index (χ4v) is 2.24. The highest BCUT2D eigenvalue weighted by Crippen LogP contribution is 2.49. The van der Waals surface area contributed by atoms with Gasteiger partial charge in [0.05, 0.1) is 12.1 Å². The van der Waals surface area contributed by atoms with Crippen LogP contribution in [0.3, 0.4) is 0 Å². The SMILES string of the molecule is CN(CC1(CC(=O)O)CC1)c1ccccc1F. The average Bonchev–Trinajstić information content (AvgIpc) is 2.97. The molecule has 17 heavy (non-hydrogen) atoms. The summed E-state index contributed by atoms with van der Waals surface area (Å²) >= 11 is 0. The molecule has 0 spiro atoms. The molecule has 1 aliphatic carbocycles. The van der Waals surface area contributed by atoms with Gasteiger partial charge in [-0.15, -0.1) is 0 Å². The summed E-state index contributed by atoms with van der Waals surface area (Å²) < 4.78 is 13.5. The molecule has 1 aromatic carbocycles. The quantitative estimate of drug-likeness (QED) is 0.855. The summed E-state index contributed by atoms with van der Waals surface area (Å²) in [5.74, 6) is -1.04. The molecule has 0 aliphatic heterocycles. The molecule has 1 aromatic rings. The molecule has 0 amide bonds. The Morgan fingerprint density at radius 2 is 2.12 bits per heavy atom. The van der Waals surface area contributed by atoms with Gasteiger partial charge in [-0.2, -0.15) is 0 Å². The highest BCUT2D eigenvalue weighted by molar-refractivity contribution is 5.68. The van der Waals surface area contributed by atoms with Crippen molar-refractivity contribution in [2.75, 3.05) is 18.5 Å². The summed E-state index contributed by atoms with van der Waals surface area (Å²) in [6, 6.07) is 6.57. The number of benzene rings is 1. The van der Waals surface area contributed by atoms with Crippen LogP contribution in [0.1, 0.15) is 19.3 Å². The van der Waals surface area contributed by atoms with Crippen LogP contribution in [0.2, 0.25) is 0 Å². The fraction of sp³-hybridized carbons (Fsp3) is 0.462. The second-order valence-corrected chi connectivity index (χ2v) is 4.88. The number of aliphatic carboxylic acids is 1. The highest BCUT2D eigenvalue weighted by atomic mass is 19.1. The third kappa shape index (κ3) is 2.75. The zero-order valence-electron chi connectivity index (χ0n) is 9.82. The Labute approximate surface area is 99.9 Å². The van der Waals surface area contributed by atoms with Crippen molar-refractivity contribution in [2.45, 2.75) is 19.3 Å². The van der Waals surface area contributed by atoms with E-state index in [1.54, 1.807) is 25.2 Å². The van der Waals surface area contributed by atoms with Crippen LogP contribution < -0.4 is 4.90 Å². The van der Waals surface area contributed by atoms with Gasteiger partial charge >= 0.3 is 5.97 Å². The summed E-state index contributed by atoms with van der Waals surface area (Å²) in [6.07, 6.45) is 2.00. The van der Waals surface area contributed by atoms with E-state index in [4.69, 9.17) is 5.11 Å². The predicted octanol–water partition coefficient (Wildman–Crippen LogP) is 2.52. The lowest BCUT2D eigenvalue weighted by Gasteiger charge is -2.25. The van der Waals surface area contributed by atoms with E-state index in [9.17, 15) is 9.18 Å². The molecule has 0 aromatic heterocycles. The molecule has 0 radical (unpaired) electrons. The summed E-state index contributed by atoms with van der Waals surface area (Å²) in [4.78, 5) is 12.6. The largest absolute Gasteiger partial charge is 0.481 e. The molecule has 0 atom stereocenters. The minimum absolute atomic E-state index is 0.150. The number of anilines is 1. The number of hydrogen-bond acceptors (Lipinski definition) is 2. The molecule has 0 saturated heterocycles. The average molecular weight is 237 g/mol. The third-order valence-corrected chi connectivity index (χ3v) is 3.32. The lowest BCUT2D eigenvalue weighted by molar-refractivity contribution is -0.138. The van der Waals surface area contributed by atoms with Crippen LogP contribution in [0, 0.1) is 11.2 Å². The van der Waals surface area contributed by atoms with E-state index in [1.807, 2.05) is 4.90 Å². The summed E-state index contributed by atoms with van der Waals surface area (Å²) in [5.41, 5.74) is 0.382. The number of nitrogens with zero attached hydrogens (tertiary/aromatic N) is 1. The Morgan fingerprint density at radius 3 is 2.65 bits per heavy atom. The summed E-state index contributed by atoms with van der Waals surface area (Å²) in [7, 11) is 1.81. The van der Waals surface area contributed by atoms with Gasteiger partial charge in [0.25, 0.3) is 0 Å². The molecule has 92 valence electrons. The van der Waals surface area contributed by atoms with Crippen LogP contribution in [-0.4, -0.2) is 24.7 Å². The second kappa shape index (κ2) is 4.35. The first-order valence-electron chi connectivity index (χ1n) is 5.70. The van der Waals surface area contributed by atoms with E-state index in [-0.39, 0.29) is 17.7 Å². The first kappa shape index (κ1) is 11.9. The Morgan fingerprint density at radius 1 is 1.47 bits per heavy atom. The number of hydrogen-bond donors (Lipinski definition) is 1. The van der Waals surface area contributed by atoms with E-state index >= 15 is 0 Å².